The van der Waals surface area contributed by atoms with Gasteiger partial charge in [0.1, 0.15) is 10.7 Å². The highest BCUT2D eigenvalue weighted by Crippen LogP contribution is 2.42. The van der Waals surface area contributed by atoms with Gasteiger partial charge in [-0.25, -0.2) is 5.01 Å². The van der Waals surface area contributed by atoms with Crippen molar-refractivity contribution in [2.24, 2.45) is 11.0 Å². The zero-order chi connectivity index (χ0) is 21.3. The van der Waals surface area contributed by atoms with E-state index in [1.807, 2.05) is 41.4 Å². The van der Waals surface area contributed by atoms with Gasteiger partial charge in [-0.3, -0.25) is 5.01 Å². The molecule has 8 heteroatoms. The first-order valence-corrected chi connectivity index (χ1v) is 11.6. The second kappa shape index (κ2) is 9.41. The highest BCUT2D eigenvalue weighted by molar-refractivity contribution is 7.82. The number of benzene rings is 2. The summed E-state index contributed by atoms with van der Waals surface area (Å²) in [7, 11) is 0. The van der Waals surface area contributed by atoms with Gasteiger partial charge in [0, 0.05) is 29.1 Å². The number of hydrazine groups is 1. The molecule has 2 atom stereocenters. The third kappa shape index (κ3) is 4.61. The summed E-state index contributed by atoms with van der Waals surface area (Å²) in [5, 5.41) is 10.9. The van der Waals surface area contributed by atoms with Crippen LogP contribution in [0.25, 0.3) is 0 Å². The summed E-state index contributed by atoms with van der Waals surface area (Å²) in [5.41, 5.74) is 6.14. The molecule has 0 aliphatic carbocycles. The van der Waals surface area contributed by atoms with Crippen LogP contribution < -0.4 is 10.4 Å². The lowest BCUT2D eigenvalue weighted by Gasteiger charge is -2.29. The molecule has 0 radical (unpaired) electrons. The molecule has 2 aliphatic heterocycles. The van der Waals surface area contributed by atoms with Crippen molar-refractivity contribution in [2.45, 2.75) is 32.2 Å². The highest BCUT2D eigenvalue weighted by atomic mass is 35.5. The van der Waals surface area contributed by atoms with Crippen LogP contribution in [0.2, 0.25) is 15.1 Å². The Balaban J connectivity index is 1.68. The Morgan fingerprint density at radius 2 is 1.67 bits per heavy atom. The highest BCUT2D eigenvalue weighted by Gasteiger charge is 2.39. The first-order chi connectivity index (χ1) is 14.4. The second-order valence-electron chi connectivity index (χ2n) is 7.70. The van der Waals surface area contributed by atoms with Gasteiger partial charge in [-0.05, 0) is 48.7 Å². The third-order valence-electron chi connectivity index (χ3n) is 5.60. The number of anilines is 1. The van der Waals surface area contributed by atoms with E-state index in [9.17, 15) is 0 Å². The molecule has 4 nitrogen and oxygen atoms in total. The van der Waals surface area contributed by atoms with E-state index < -0.39 is 0 Å². The molecule has 0 bridgehead atoms. The van der Waals surface area contributed by atoms with Crippen LogP contribution >= 0.6 is 47.0 Å². The predicted octanol–water partition coefficient (Wildman–Crippen LogP) is 6.52. The van der Waals surface area contributed by atoms with E-state index in [0.29, 0.717) is 20.1 Å². The van der Waals surface area contributed by atoms with Crippen molar-refractivity contribution < 1.29 is 0 Å². The van der Waals surface area contributed by atoms with Gasteiger partial charge in [0.15, 0.2) is 0 Å². The molecular formula is C22H23Cl3N4S. The zero-order valence-electron chi connectivity index (χ0n) is 16.6. The van der Waals surface area contributed by atoms with Crippen molar-refractivity contribution in [3.8, 4) is 0 Å². The number of hydrogen-bond acceptors (Lipinski definition) is 4. The molecular weight excluding hydrogens is 459 g/mol. The van der Waals surface area contributed by atoms with E-state index >= 15 is 0 Å². The standard InChI is InChI=1S/C22H23Cl3N4S/c1-14-20(22(30)27-28-11-3-2-4-12-28)26-29(19-10-9-17(24)13-18(19)25)21(14)15-5-7-16(23)8-6-15/h5-10,13-14,21H,2-4,11-12H2,1H3,(H,27,30)/t14-,21+/m0/s1. The molecule has 1 N–H and O–H groups in total. The molecule has 0 amide bonds. The Labute approximate surface area is 197 Å². The molecule has 0 unspecified atom stereocenters. The number of nitrogens with one attached hydrogen (secondary N) is 1. The maximum atomic E-state index is 6.55. The van der Waals surface area contributed by atoms with Gasteiger partial charge in [-0.2, -0.15) is 5.10 Å². The van der Waals surface area contributed by atoms with Gasteiger partial charge in [0.2, 0.25) is 0 Å². The minimum atomic E-state index is -0.0583. The van der Waals surface area contributed by atoms with E-state index in [1.54, 1.807) is 6.07 Å². The summed E-state index contributed by atoms with van der Waals surface area (Å²) in [6, 6.07) is 13.2. The molecule has 30 heavy (non-hydrogen) atoms. The fourth-order valence-corrected chi connectivity index (χ4v) is 5.03. The number of piperidine rings is 1. The van der Waals surface area contributed by atoms with Gasteiger partial charge in [-0.1, -0.05) is 72.5 Å². The maximum Gasteiger partial charge on any atom is 0.137 e. The quantitative estimate of drug-likeness (QED) is 0.504. The van der Waals surface area contributed by atoms with Crippen LogP contribution in [-0.4, -0.2) is 28.8 Å². The number of halogens is 3. The number of thiocarbonyl (C=S) groups is 1. The van der Waals surface area contributed by atoms with E-state index in [4.69, 9.17) is 52.1 Å². The molecule has 1 saturated heterocycles. The molecule has 2 aliphatic rings. The molecule has 4 rings (SSSR count). The normalized spacial score (nSPS) is 22.1. The fraction of sp³-hybridized carbons (Fsp3) is 0.364. The Bertz CT molecular complexity index is 957. The molecule has 2 heterocycles. The minimum absolute atomic E-state index is 0.0581. The smallest absolute Gasteiger partial charge is 0.137 e. The Hall–Kier alpha value is -1.37. The summed E-state index contributed by atoms with van der Waals surface area (Å²) >= 11 is 24.6. The van der Waals surface area contributed by atoms with Gasteiger partial charge in [0.05, 0.1) is 16.8 Å². The Morgan fingerprint density at radius 3 is 2.33 bits per heavy atom. The molecule has 0 saturated carbocycles. The molecule has 2 aromatic carbocycles. The molecule has 158 valence electrons. The Kier molecular flexibility index (Phi) is 6.85. The summed E-state index contributed by atoms with van der Waals surface area (Å²) in [6.45, 7) is 4.14. The molecule has 0 aromatic heterocycles. The first-order valence-electron chi connectivity index (χ1n) is 10.1. The fourth-order valence-electron chi connectivity index (χ4n) is 4.05. The number of nitrogens with zero attached hydrogens (tertiary/aromatic N) is 3. The van der Waals surface area contributed by atoms with Gasteiger partial charge in [-0.15, -0.1) is 0 Å². The van der Waals surface area contributed by atoms with Crippen molar-refractivity contribution in [1.29, 1.82) is 0 Å². The number of hydrogen-bond donors (Lipinski definition) is 1. The van der Waals surface area contributed by atoms with E-state index in [2.05, 4.69) is 17.4 Å². The SMILES string of the molecule is C[C@H]1C(C(=S)NN2CCCCC2)=NN(c2ccc(Cl)cc2Cl)[C@H]1c1ccc(Cl)cc1. The topological polar surface area (TPSA) is 30.9 Å². The van der Waals surface area contributed by atoms with E-state index in [1.165, 1.54) is 19.3 Å². The van der Waals surface area contributed by atoms with Crippen LogP contribution in [0.4, 0.5) is 5.69 Å². The van der Waals surface area contributed by atoms with Crippen LogP contribution in [0.1, 0.15) is 37.8 Å². The first kappa shape index (κ1) is 21.8. The average Bonchev–Trinajstić information content (AvgIpc) is 3.06. The molecule has 0 spiro atoms. The minimum Gasteiger partial charge on any atom is -0.308 e. The lowest BCUT2D eigenvalue weighted by Crippen LogP contribution is -2.47. The van der Waals surface area contributed by atoms with Gasteiger partial charge >= 0.3 is 0 Å². The summed E-state index contributed by atoms with van der Waals surface area (Å²) in [6.07, 6.45) is 3.62. The average molecular weight is 482 g/mol. The van der Waals surface area contributed by atoms with Crippen LogP contribution in [-0.2, 0) is 0 Å². The van der Waals surface area contributed by atoms with E-state index in [0.717, 1.165) is 30.1 Å². The van der Waals surface area contributed by atoms with Gasteiger partial charge in [0.25, 0.3) is 0 Å². The largest absolute Gasteiger partial charge is 0.308 e. The summed E-state index contributed by atoms with van der Waals surface area (Å²) in [5.74, 6) is 0.0581. The van der Waals surface area contributed by atoms with Crippen molar-refractivity contribution in [2.75, 3.05) is 18.1 Å². The second-order valence-corrected chi connectivity index (χ2v) is 9.39. The molecule has 1 fully saturated rings. The van der Waals surface area contributed by atoms with Crippen molar-refractivity contribution in [3.05, 3.63) is 63.1 Å². The number of rotatable bonds is 4. The lowest BCUT2D eigenvalue weighted by molar-refractivity contribution is 0.197. The third-order valence-corrected chi connectivity index (χ3v) is 6.69. The Morgan fingerprint density at radius 1 is 1.00 bits per heavy atom. The monoisotopic (exact) mass is 480 g/mol. The van der Waals surface area contributed by atoms with Crippen molar-refractivity contribution >= 4 is 63.4 Å². The van der Waals surface area contributed by atoms with E-state index in [-0.39, 0.29) is 12.0 Å². The van der Waals surface area contributed by atoms with Crippen molar-refractivity contribution in [3.63, 3.8) is 0 Å². The van der Waals surface area contributed by atoms with Crippen LogP contribution in [0.3, 0.4) is 0 Å². The van der Waals surface area contributed by atoms with Gasteiger partial charge < -0.3 is 5.43 Å². The van der Waals surface area contributed by atoms with Crippen molar-refractivity contribution in [1.82, 2.24) is 10.4 Å². The van der Waals surface area contributed by atoms with Crippen LogP contribution in [0, 0.1) is 5.92 Å². The molecule has 2 aromatic rings. The predicted molar refractivity (Wildman–Crippen MR) is 131 cm³/mol. The summed E-state index contributed by atoms with van der Waals surface area (Å²) in [4.78, 5) is 0.663. The number of hydrazone groups is 1. The summed E-state index contributed by atoms with van der Waals surface area (Å²) < 4.78 is 0. The maximum absolute atomic E-state index is 6.55. The van der Waals surface area contributed by atoms with Crippen LogP contribution in [0.5, 0.6) is 0 Å². The van der Waals surface area contributed by atoms with Crippen LogP contribution in [0.15, 0.2) is 47.6 Å². The zero-order valence-corrected chi connectivity index (χ0v) is 19.7. The lowest BCUT2D eigenvalue weighted by atomic mass is 9.91.